The van der Waals surface area contributed by atoms with Crippen LogP contribution >= 0.6 is 22.7 Å². The van der Waals surface area contributed by atoms with Crippen LogP contribution in [0.5, 0.6) is 0 Å². The molecular formula is C59H56F6N2OS2. The molecule has 9 aromatic rings. The van der Waals surface area contributed by atoms with Crippen LogP contribution in [0.3, 0.4) is 0 Å². The Kier molecular flexibility index (Phi) is 13.6. The predicted octanol–water partition coefficient (Wildman–Crippen LogP) is 19.0. The van der Waals surface area contributed by atoms with Gasteiger partial charge in [-0.25, -0.2) is 0 Å². The monoisotopic (exact) mass is 986 g/mol. The highest BCUT2D eigenvalue weighted by atomic mass is 32.1. The first-order chi connectivity index (χ1) is 32.8. The standard InChI is InChI=1S/C30H30F3NOS.C29H26F3NS/c1-18-11-19(2)13-22(12-18)27-28-24(25(17-34-27)30(31,32)33)15-26(36-28)23-8-7-20(16-29(3,4)5)14-21(23)9-10-35-6;1-16-10-17(2)12-20(11-16)25-27-24(23(15-33-25)29(30,31)32)22-9-7-19-13-18(14-28(3,4)5)6-8-21(19)26(22)34-27/h7-15,17H,16H2,1-6H3;6-13,15H,14H2,1-5H3. The van der Waals surface area contributed by atoms with Gasteiger partial charge in [-0.1, -0.05) is 124 Å². The fourth-order valence-corrected chi connectivity index (χ4v) is 12.0. The van der Waals surface area contributed by atoms with Crippen LogP contribution in [0.4, 0.5) is 26.3 Å². The molecule has 0 unspecified atom stereocenters. The number of pyridine rings is 2. The Hall–Kier alpha value is -6.04. The third kappa shape index (κ3) is 11.0. The Morgan fingerprint density at radius 2 is 1.04 bits per heavy atom. The second kappa shape index (κ2) is 18.9. The largest absolute Gasteiger partial charge is 0.504 e. The second-order valence-electron chi connectivity index (χ2n) is 20.9. The molecule has 0 aliphatic heterocycles. The Balaban J connectivity index is 0.000000188. The predicted molar refractivity (Wildman–Crippen MR) is 282 cm³/mol. The topological polar surface area (TPSA) is 35.0 Å². The van der Waals surface area contributed by atoms with Gasteiger partial charge in [0.1, 0.15) is 0 Å². The van der Waals surface area contributed by atoms with Gasteiger partial charge in [-0.3, -0.25) is 9.97 Å². The maximum Gasteiger partial charge on any atom is 0.418 e. The van der Waals surface area contributed by atoms with Crippen LogP contribution in [0.15, 0.2) is 110 Å². The molecule has 0 amide bonds. The molecule has 4 heterocycles. The van der Waals surface area contributed by atoms with E-state index < -0.39 is 23.5 Å². The Morgan fingerprint density at radius 3 is 1.59 bits per heavy atom. The van der Waals surface area contributed by atoms with Crippen molar-refractivity contribution >= 4 is 69.8 Å². The lowest BCUT2D eigenvalue weighted by atomic mass is 9.87. The highest BCUT2D eigenvalue weighted by molar-refractivity contribution is 7.27. The molecule has 11 heteroatoms. The van der Waals surface area contributed by atoms with Crippen molar-refractivity contribution in [1.82, 2.24) is 9.97 Å². The van der Waals surface area contributed by atoms with E-state index in [2.05, 4.69) is 87.9 Å². The number of rotatable bonds is 7. The highest BCUT2D eigenvalue weighted by Gasteiger charge is 2.36. The van der Waals surface area contributed by atoms with E-state index in [4.69, 9.17) is 4.74 Å². The number of nitrogens with zero attached hydrogens (tertiary/aromatic N) is 2. The highest BCUT2D eigenvalue weighted by Crippen LogP contribution is 2.48. The molecule has 3 nitrogen and oxygen atoms in total. The molecule has 0 saturated carbocycles. The number of halogens is 6. The normalized spacial score (nSPS) is 12.7. The summed E-state index contributed by atoms with van der Waals surface area (Å²) in [6, 6.07) is 29.9. The maximum absolute atomic E-state index is 14.1. The fraction of sp³-hybridized carbons (Fsp3) is 0.288. The van der Waals surface area contributed by atoms with Gasteiger partial charge in [0.2, 0.25) is 0 Å². The van der Waals surface area contributed by atoms with Crippen LogP contribution in [0.2, 0.25) is 0 Å². The van der Waals surface area contributed by atoms with Crippen LogP contribution in [-0.4, -0.2) is 17.1 Å². The second-order valence-corrected chi connectivity index (χ2v) is 23.0. The molecule has 0 aliphatic carbocycles. The smallest absolute Gasteiger partial charge is 0.418 e. The number of benzene rings is 5. The fourth-order valence-electron chi connectivity index (χ4n) is 9.41. The van der Waals surface area contributed by atoms with Gasteiger partial charge in [0.25, 0.3) is 0 Å². The van der Waals surface area contributed by atoms with Crippen molar-refractivity contribution in [1.29, 1.82) is 0 Å². The molecular weight excluding hydrogens is 931 g/mol. The van der Waals surface area contributed by atoms with E-state index in [-0.39, 0.29) is 21.6 Å². The van der Waals surface area contributed by atoms with Crippen LogP contribution in [-0.2, 0) is 29.9 Å². The van der Waals surface area contributed by atoms with Gasteiger partial charge in [0.05, 0.1) is 45.3 Å². The lowest BCUT2D eigenvalue weighted by molar-refractivity contribution is -0.137. The zero-order valence-corrected chi connectivity index (χ0v) is 42.9. The molecule has 4 aromatic heterocycles. The van der Waals surface area contributed by atoms with E-state index in [0.717, 1.165) is 95.7 Å². The summed E-state index contributed by atoms with van der Waals surface area (Å²) in [6.07, 6.45) is -1.75. The Labute approximate surface area is 413 Å². The van der Waals surface area contributed by atoms with Crippen LogP contribution in [0.1, 0.15) is 91.6 Å². The summed E-state index contributed by atoms with van der Waals surface area (Å²) >= 11 is 2.75. The minimum atomic E-state index is -4.50. The first-order valence-corrected chi connectivity index (χ1v) is 24.7. The number of aromatic nitrogens is 2. The Bertz CT molecular complexity index is 3430. The number of thiophene rings is 2. The van der Waals surface area contributed by atoms with E-state index >= 15 is 0 Å². The van der Waals surface area contributed by atoms with Gasteiger partial charge >= 0.3 is 12.4 Å². The third-order valence-electron chi connectivity index (χ3n) is 11.9. The summed E-state index contributed by atoms with van der Waals surface area (Å²) < 4.78 is 91.3. The number of methoxy groups -OCH3 is 1. The SMILES string of the molecule is COC=Cc1cc(CC(C)(C)C)ccc1-c1cc2c(C(F)(F)F)cnc(-c3cc(C)cc(C)c3)c2s1.Cc1cc(C)cc(-c2ncc(C(F)(F)F)c3c2sc2c4ccc(CC(C)(C)C)cc4ccc23)c1. The lowest BCUT2D eigenvalue weighted by Gasteiger charge is -2.19. The quantitative estimate of drug-likeness (QED) is 0.118. The number of alkyl halides is 6. The minimum Gasteiger partial charge on any atom is -0.504 e. The van der Waals surface area contributed by atoms with Crippen LogP contribution in [0.25, 0.3) is 80.1 Å². The summed E-state index contributed by atoms with van der Waals surface area (Å²) in [5.74, 6) is 0. The molecule has 0 spiro atoms. The average molecular weight is 987 g/mol. The van der Waals surface area contributed by atoms with Crippen molar-refractivity contribution in [3.63, 3.8) is 0 Å². The molecule has 0 radical (unpaired) electrons. The van der Waals surface area contributed by atoms with Crippen molar-refractivity contribution in [2.24, 2.45) is 10.8 Å². The zero-order valence-electron chi connectivity index (χ0n) is 41.3. The summed E-state index contributed by atoms with van der Waals surface area (Å²) in [7, 11) is 1.58. The zero-order chi connectivity index (χ0) is 50.7. The van der Waals surface area contributed by atoms with Crippen molar-refractivity contribution in [3.8, 4) is 33.0 Å². The molecule has 0 bridgehead atoms. The summed E-state index contributed by atoms with van der Waals surface area (Å²) in [5.41, 5.74) is 10.1. The molecule has 9 rings (SSSR count). The third-order valence-corrected chi connectivity index (χ3v) is 14.4. The molecule has 70 heavy (non-hydrogen) atoms. The molecule has 0 N–H and O–H groups in total. The van der Waals surface area contributed by atoms with Gasteiger partial charge in [-0.05, 0) is 121 Å². The number of ether oxygens (including phenoxy) is 1. The van der Waals surface area contributed by atoms with Crippen molar-refractivity contribution in [2.75, 3.05) is 7.11 Å². The molecule has 0 fully saturated rings. The lowest BCUT2D eigenvalue weighted by Crippen LogP contribution is -2.09. The number of fused-ring (bicyclic) bond motifs is 6. The van der Waals surface area contributed by atoms with E-state index in [1.54, 1.807) is 19.4 Å². The first-order valence-electron chi connectivity index (χ1n) is 23.1. The van der Waals surface area contributed by atoms with Gasteiger partial charge in [0, 0.05) is 49.3 Å². The molecule has 0 atom stereocenters. The Morgan fingerprint density at radius 1 is 0.529 bits per heavy atom. The molecule has 5 aromatic carbocycles. The molecule has 0 aliphatic rings. The number of aryl methyl sites for hydroxylation is 4. The average Bonchev–Trinajstić information content (AvgIpc) is 3.86. The van der Waals surface area contributed by atoms with Crippen molar-refractivity contribution < 1.29 is 31.1 Å². The van der Waals surface area contributed by atoms with Gasteiger partial charge in [-0.2, -0.15) is 26.3 Å². The van der Waals surface area contributed by atoms with E-state index in [1.807, 2.05) is 82.3 Å². The molecule has 0 saturated heterocycles. The summed E-state index contributed by atoms with van der Waals surface area (Å²) in [5, 5.41) is 3.09. The van der Waals surface area contributed by atoms with Gasteiger partial charge in [-0.15, -0.1) is 22.7 Å². The molecule has 362 valence electrons. The summed E-state index contributed by atoms with van der Waals surface area (Å²) in [6.45, 7) is 21.1. The van der Waals surface area contributed by atoms with E-state index in [9.17, 15) is 26.3 Å². The number of hydrogen-bond acceptors (Lipinski definition) is 5. The van der Waals surface area contributed by atoms with Crippen LogP contribution in [0, 0.1) is 38.5 Å². The van der Waals surface area contributed by atoms with E-state index in [0.29, 0.717) is 26.2 Å². The van der Waals surface area contributed by atoms with Crippen molar-refractivity contribution in [3.05, 3.63) is 160 Å². The van der Waals surface area contributed by atoms with Gasteiger partial charge in [0.15, 0.2) is 0 Å². The minimum absolute atomic E-state index is 0.107. The maximum atomic E-state index is 14.1. The van der Waals surface area contributed by atoms with Crippen LogP contribution < -0.4 is 0 Å². The van der Waals surface area contributed by atoms with E-state index in [1.165, 1.54) is 28.2 Å². The number of hydrogen-bond donors (Lipinski definition) is 0. The first kappa shape index (κ1) is 50.4. The van der Waals surface area contributed by atoms with Crippen molar-refractivity contribution in [2.45, 2.75) is 94.4 Å². The summed E-state index contributed by atoms with van der Waals surface area (Å²) in [4.78, 5) is 9.42. The van der Waals surface area contributed by atoms with Gasteiger partial charge < -0.3 is 4.74 Å².